The fourth-order valence-corrected chi connectivity index (χ4v) is 0.0750. The molecular formula is C5H9LiN2Si. The number of nitriles is 2. The Labute approximate surface area is 68.1 Å². The van der Waals surface area contributed by atoms with E-state index in [2.05, 4.69) is 11.4 Å². The van der Waals surface area contributed by atoms with Crippen LogP contribution in [0.4, 0.5) is 0 Å². The molecular weight excluding hydrogens is 123 g/mol. The molecule has 0 saturated heterocycles. The molecule has 9 heavy (non-hydrogen) atoms. The molecule has 0 amide bonds. The zero-order valence-corrected chi connectivity index (χ0v) is 7.39. The van der Waals surface area contributed by atoms with Crippen molar-refractivity contribution in [2.24, 2.45) is 0 Å². The maximum atomic E-state index is 8.45. The first-order valence-electron chi connectivity index (χ1n) is 2.45. The zero-order valence-electron chi connectivity index (χ0n) is 6.39. The van der Waals surface area contributed by atoms with E-state index < -0.39 is 7.35 Å². The average Bonchev–Trinajstić information content (AvgIpc) is 1.68. The molecule has 4 heteroatoms. The van der Waals surface area contributed by atoms with Crippen molar-refractivity contribution in [3.8, 4) is 11.4 Å². The Morgan fingerprint density at radius 3 is 1.22 bits per heavy atom. The molecule has 2 nitrogen and oxygen atoms in total. The number of rotatable bonds is 0. The summed E-state index contributed by atoms with van der Waals surface area (Å²) in [4.78, 5) is 0. The maximum absolute atomic E-state index is 8.45. The Morgan fingerprint density at radius 2 is 1.22 bits per heavy atom. The van der Waals surface area contributed by atoms with E-state index in [1.54, 1.807) is 19.6 Å². The molecule has 44 valence electrons. The van der Waals surface area contributed by atoms with Crippen molar-refractivity contribution in [3.05, 3.63) is 0 Å². The van der Waals surface area contributed by atoms with Crippen molar-refractivity contribution >= 4 is 7.35 Å². The van der Waals surface area contributed by atoms with Crippen LogP contribution in [-0.2, 0) is 0 Å². The second-order valence-electron chi connectivity index (χ2n) is 3.35. The van der Waals surface area contributed by atoms with Gasteiger partial charge in [0.15, 0.2) is 0 Å². The third kappa shape index (κ3) is 4.31. The number of hydrogen-bond acceptors (Lipinski definition) is 2. The molecule has 0 radical (unpaired) electrons. The predicted octanol–water partition coefficient (Wildman–Crippen LogP) is -1.59. The van der Waals surface area contributed by atoms with Crippen molar-refractivity contribution in [2.75, 3.05) is 0 Å². The molecule has 0 N–H and O–H groups in total. The van der Waals surface area contributed by atoms with E-state index in [1.165, 1.54) is 0 Å². The van der Waals surface area contributed by atoms with E-state index in [9.17, 15) is 0 Å². The molecule has 0 spiro atoms. The van der Waals surface area contributed by atoms with E-state index in [0.717, 1.165) is 0 Å². The fourth-order valence-electron chi connectivity index (χ4n) is 0.0250. The molecule has 0 heterocycles. The molecule has 0 aliphatic rings. The Balaban J connectivity index is 0. The monoisotopic (exact) mass is 132 g/mol. The molecule has 0 atom stereocenters. The van der Waals surface area contributed by atoms with Gasteiger partial charge in [-0.1, -0.05) is 0 Å². The largest absolute Gasteiger partial charge is 1.00 e. The summed E-state index contributed by atoms with van der Waals surface area (Å²) in [7, 11) is -2.71. The van der Waals surface area contributed by atoms with Gasteiger partial charge in [0.25, 0.3) is 0 Å². The second kappa shape index (κ2) is 2.59. The second-order valence-corrected chi connectivity index (χ2v) is 10.0. The van der Waals surface area contributed by atoms with Gasteiger partial charge < -0.3 is 0 Å². The summed E-state index contributed by atoms with van der Waals surface area (Å²) in [6, 6.07) is 0. The van der Waals surface area contributed by atoms with Crippen LogP contribution in [0.1, 0.15) is 0 Å². The minimum atomic E-state index is -2.71. The summed E-state index contributed by atoms with van der Waals surface area (Å²) < 4.78 is 0. The van der Waals surface area contributed by atoms with Crippen LogP contribution in [-0.4, -0.2) is 7.35 Å². The first kappa shape index (κ1) is 11.6. The van der Waals surface area contributed by atoms with Gasteiger partial charge in [0, 0.05) is 0 Å². The van der Waals surface area contributed by atoms with E-state index in [0.29, 0.717) is 0 Å². The van der Waals surface area contributed by atoms with Gasteiger partial charge in [-0.05, 0) is 0 Å². The zero-order chi connectivity index (χ0) is 6.86. The molecule has 0 rings (SSSR count). The van der Waals surface area contributed by atoms with Crippen molar-refractivity contribution in [1.29, 1.82) is 10.5 Å². The standard InChI is InChI=1S/C5H9N2Si.Li/c1-8(2,3,4-6)5-7;/h1-3H3;/q-1;+1. The molecule has 0 aromatic heterocycles. The van der Waals surface area contributed by atoms with Gasteiger partial charge in [-0.3, -0.25) is 0 Å². The van der Waals surface area contributed by atoms with Gasteiger partial charge in [-0.25, -0.2) is 0 Å². The van der Waals surface area contributed by atoms with Gasteiger partial charge in [0.2, 0.25) is 0 Å². The quantitative estimate of drug-likeness (QED) is 0.373. The fraction of sp³-hybridized carbons (Fsp3) is 0.600. The molecule has 0 fully saturated rings. The third-order valence-corrected chi connectivity index (χ3v) is 2.35. The third-order valence-electron chi connectivity index (χ3n) is 0.783. The molecule has 0 aliphatic heterocycles. The van der Waals surface area contributed by atoms with Crippen LogP contribution in [0.2, 0.25) is 19.6 Å². The van der Waals surface area contributed by atoms with Gasteiger partial charge in [-0.15, -0.1) is 0 Å². The topological polar surface area (TPSA) is 47.6 Å². The minimum Gasteiger partial charge on any atom is 1.00 e. The minimum absolute atomic E-state index is 0. The molecule has 0 aliphatic carbocycles. The van der Waals surface area contributed by atoms with Crippen LogP contribution in [0.5, 0.6) is 0 Å². The number of hydrogen-bond donors (Lipinski definition) is 0. The van der Waals surface area contributed by atoms with Crippen LogP contribution in [0, 0.1) is 21.9 Å². The molecule has 0 saturated carbocycles. The van der Waals surface area contributed by atoms with Crippen LogP contribution >= 0.6 is 0 Å². The first-order valence-corrected chi connectivity index (χ1v) is 6.45. The Bertz CT molecular complexity index is 160. The predicted molar refractivity (Wildman–Crippen MR) is 34.6 cm³/mol. The van der Waals surface area contributed by atoms with E-state index in [1.807, 2.05) is 0 Å². The van der Waals surface area contributed by atoms with Gasteiger partial charge in [-0.2, -0.15) is 0 Å². The van der Waals surface area contributed by atoms with Crippen molar-refractivity contribution in [3.63, 3.8) is 0 Å². The Kier molecular flexibility index (Phi) is 3.33. The molecule has 0 aromatic rings. The maximum Gasteiger partial charge on any atom is 1.00 e. The molecule has 0 unspecified atom stereocenters. The summed E-state index contributed by atoms with van der Waals surface area (Å²) >= 11 is 0. The van der Waals surface area contributed by atoms with Crippen LogP contribution in [0.15, 0.2) is 0 Å². The Morgan fingerprint density at radius 1 is 1.00 bits per heavy atom. The summed E-state index contributed by atoms with van der Waals surface area (Å²) in [6.07, 6.45) is 0. The number of nitrogens with zero attached hydrogens (tertiary/aromatic N) is 2. The van der Waals surface area contributed by atoms with Crippen molar-refractivity contribution in [1.82, 2.24) is 0 Å². The molecule has 0 bridgehead atoms. The van der Waals surface area contributed by atoms with Crippen LogP contribution in [0.25, 0.3) is 0 Å². The molecule has 0 aromatic carbocycles. The van der Waals surface area contributed by atoms with Crippen LogP contribution in [0.3, 0.4) is 0 Å². The van der Waals surface area contributed by atoms with E-state index in [4.69, 9.17) is 10.5 Å². The van der Waals surface area contributed by atoms with E-state index >= 15 is 0 Å². The van der Waals surface area contributed by atoms with Gasteiger partial charge >= 0.3 is 67.8 Å². The SMILES string of the molecule is C[Si-](C)(C)(C#N)C#N.[Li+]. The Hall–Kier alpha value is -0.206. The first-order chi connectivity index (χ1) is 3.39. The average molecular weight is 132 g/mol. The van der Waals surface area contributed by atoms with Crippen LogP contribution < -0.4 is 18.9 Å². The smallest absolute Gasteiger partial charge is 1.00 e. The van der Waals surface area contributed by atoms with Crippen molar-refractivity contribution < 1.29 is 18.9 Å². The summed E-state index contributed by atoms with van der Waals surface area (Å²) in [5.41, 5.74) is 4.12. The van der Waals surface area contributed by atoms with Crippen molar-refractivity contribution in [2.45, 2.75) is 19.6 Å². The summed E-state index contributed by atoms with van der Waals surface area (Å²) in [6.45, 7) is 5.25. The normalized spacial score (nSPS) is 13.2. The van der Waals surface area contributed by atoms with Gasteiger partial charge in [0.05, 0.1) is 0 Å². The van der Waals surface area contributed by atoms with E-state index in [-0.39, 0.29) is 18.9 Å². The van der Waals surface area contributed by atoms with Gasteiger partial charge in [0.1, 0.15) is 0 Å². The summed E-state index contributed by atoms with van der Waals surface area (Å²) in [5, 5.41) is 16.9. The summed E-state index contributed by atoms with van der Waals surface area (Å²) in [5.74, 6) is 0.